The molecule has 0 radical (unpaired) electrons. The second-order valence-electron chi connectivity index (χ2n) is 11.8. The lowest BCUT2D eigenvalue weighted by Gasteiger charge is -2.34. The van der Waals surface area contributed by atoms with Gasteiger partial charge in [0.15, 0.2) is 0 Å². The topological polar surface area (TPSA) is 73.3 Å². The molecule has 0 unspecified atom stereocenters. The fraction of sp³-hybridized carbons (Fsp3) is 0.938. The molecule has 39 heavy (non-hydrogen) atoms. The average Bonchev–Trinajstić information content (AvgIpc) is 2.92. The number of hydrogen-bond donors (Lipinski definition) is 1. The Kier molecular flexibility index (Phi) is 23.7. The van der Waals surface area contributed by atoms with Crippen LogP contribution in [0.3, 0.4) is 0 Å². The van der Waals surface area contributed by atoms with Crippen molar-refractivity contribution in [3.63, 3.8) is 0 Å². The largest absolute Gasteiger partial charge is 0.481 e. The Morgan fingerprint density at radius 1 is 0.667 bits per heavy atom. The van der Waals surface area contributed by atoms with E-state index in [1.165, 1.54) is 96.8 Å². The van der Waals surface area contributed by atoms with Gasteiger partial charge < -0.3 is 19.6 Å². The molecule has 1 aliphatic rings. The highest BCUT2D eigenvalue weighted by atomic mass is 16.5. The summed E-state index contributed by atoms with van der Waals surface area (Å²) in [5, 5.41) is 8.78. The van der Waals surface area contributed by atoms with Gasteiger partial charge in [0.05, 0.1) is 6.61 Å². The van der Waals surface area contributed by atoms with Crippen LogP contribution in [0.25, 0.3) is 0 Å². The van der Waals surface area contributed by atoms with Crippen molar-refractivity contribution in [1.29, 1.82) is 0 Å². The number of carbonyl (C=O) groups is 2. The third kappa shape index (κ3) is 23.2. The van der Waals surface area contributed by atoms with Crippen molar-refractivity contribution in [3.05, 3.63) is 0 Å². The van der Waals surface area contributed by atoms with Gasteiger partial charge in [0.1, 0.15) is 0 Å². The van der Waals surface area contributed by atoms with Crippen molar-refractivity contribution in [3.8, 4) is 0 Å². The van der Waals surface area contributed by atoms with E-state index in [1.54, 1.807) is 0 Å². The lowest BCUT2D eigenvalue weighted by Crippen LogP contribution is -2.47. The molecule has 7 heteroatoms. The highest BCUT2D eigenvalue weighted by Gasteiger charge is 2.15. The Morgan fingerprint density at radius 3 is 1.77 bits per heavy atom. The van der Waals surface area contributed by atoms with Gasteiger partial charge in [-0.1, -0.05) is 84.0 Å². The van der Waals surface area contributed by atoms with E-state index in [2.05, 4.69) is 28.7 Å². The van der Waals surface area contributed by atoms with E-state index in [1.807, 2.05) is 0 Å². The molecule has 0 aliphatic carbocycles. The number of ether oxygens (including phenoxy) is 1. The minimum atomic E-state index is -0.677. The molecule has 0 spiro atoms. The standard InChI is InChI=1S/C32H63N3O4/c1-3-4-5-6-7-14-19-30-39-32(38)21-16-11-9-13-18-23-34(22-17-12-8-10-15-20-31(36)37)28-29-35-26-24-33(2)25-27-35/h3-30H2,1-2H3,(H,36,37). The second-order valence-corrected chi connectivity index (χ2v) is 11.8. The number of rotatable bonds is 27. The van der Waals surface area contributed by atoms with E-state index in [9.17, 15) is 9.59 Å². The molecule has 0 aromatic carbocycles. The van der Waals surface area contributed by atoms with Crippen LogP contribution in [0.15, 0.2) is 0 Å². The molecule has 0 amide bonds. The summed E-state index contributed by atoms with van der Waals surface area (Å²) in [5.41, 5.74) is 0. The molecule has 230 valence electrons. The minimum Gasteiger partial charge on any atom is -0.481 e. The number of carbonyl (C=O) groups excluding carboxylic acids is 1. The molecular weight excluding hydrogens is 490 g/mol. The first-order chi connectivity index (χ1) is 19.0. The summed E-state index contributed by atoms with van der Waals surface area (Å²) in [7, 11) is 2.21. The fourth-order valence-electron chi connectivity index (χ4n) is 5.28. The lowest BCUT2D eigenvalue weighted by atomic mass is 10.1. The van der Waals surface area contributed by atoms with Crippen molar-refractivity contribution in [2.24, 2.45) is 0 Å². The van der Waals surface area contributed by atoms with Gasteiger partial charge in [-0.2, -0.15) is 0 Å². The Hall–Kier alpha value is -1.18. The highest BCUT2D eigenvalue weighted by molar-refractivity contribution is 5.69. The van der Waals surface area contributed by atoms with Crippen molar-refractivity contribution < 1.29 is 19.4 Å². The van der Waals surface area contributed by atoms with E-state index in [0.717, 1.165) is 64.7 Å². The summed E-state index contributed by atoms with van der Waals surface area (Å²) in [6.07, 6.45) is 20.7. The predicted molar refractivity (Wildman–Crippen MR) is 162 cm³/mol. The Balaban J connectivity index is 2.10. The van der Waals surface area contributed by atoms with Crippen LogP contribution in [0.2, 0.25) is 0 Å². The molecular formula is C32H63N3O4. The number of unbranched alkanes of at least 4 members (excludes halogenated alkanes) is 14. The lowest BCUT2D eigenvalue weighted by molar-refractivity contribution is -0.144. The number of hydrogen-bond acceptors (Lipinski definition) is 6. The van der Waals surface area contributed by atoms with Crippen LogP contribution in [0.4, 0.5) is 0 Å². The molecule has 0 bridgehead atoms. The van der Waals surface area contributed by atoms with Gasteiger partial charge in [-0.15, -0.1) is 0 Å². The predicted octanol–water partition coefficient (Wildman–Crippen LogP) is 6.60. The Labute approximate surface area is 241 Å². The van der Waals surface area contributed by atoms with Crippen molar-refractivity contribution in [1.82, 2.24) is 14.7 Å². The van der Waals surface area contributed by atoms with Gasteiger partial charge in [-0.3, -0.25) is 14.5 Å². The van der Waals surface area contributed by atoms with Gasteiger partial charge in [0, 0.05) is 52.1 Å². The molecule has 0 atom stereocenters. The van der Waals surface area contributed by atoms with E-state index in [0.29, 0.717) is 19.4 Å². The molecule has 1 saturated heterocycles. The minimum absolute atomic E-state index is 0.0148. The first-order valence-electron chi connectivity index (χ1n) is 16.5. The van der Waals surface area contributed by atoms with Gasteiger partial charge in [-0.05, 0) is 52.2 Å². The molecule has 1 rings (SSSR count). The maximum absolute atomic E-state index is 12.0. The van der Waals surface area contributed by atoms with Gasteiger partial charge >= 0.3 is 11.9 Å². The summed E-state index contributed by atoms with van der Waals surface area (Å²) in [4.78, 5) is 30.3. The van der Waals surface area contributed by atoms with E-state index < -0.39 is 5.97 Å². The number of likely N-dealkylation sites (N-methyl/N-ethyl adjacent to an activating group) is 1. The quantitative estimate of drug-likeness (QED) is 0.0908. The zero-order valence-corrected chi connectivity index (χ0v) is 25.8. The summed E-state index contributed by atoms with van der Waals surface area (Å²) in [6, 6.07) is 0. The fourth-order valence-corrected chi connectivity index (χ4v) is 5.28. The molecule has 0 saturated carbocycles. The monoisotopic (exact) mass is 553 g/mol. The normalized spacial score (nSPS) is 14.7. The van der Waals surface area contributed by atoms with E-state index >= 15 is 0 Å². The zero-order valence-electron chi connectivity index (χ0n) is 25.8. The van der Waals surface area contributed by atoms with Gasteiger partial charge in [0.25, 0.3) is 0 Å². The smallest absolute Gasteiger partial charge is 0.305 e. The highest BCUT2D eigenvalue weighted by Crippen LogP contribution is 2.11. The molecule has 1 aliphatic heterocycles. The van der Waals surface area contributed by atoms with Crippen LogP contribution >= 0.6 is 0 Å². The van der Waals surface area contributed by atoms with Crippen molar-refractivity contribution in [2.75, 3.05) is 66.0 Å². The molecule has 0 aromatic heterocycles. The summed E-state index contributed by atoms with van der Waals surface area (Å²) >= 11 is 0. The van der Waals surface area contributed by atoms with Crippen LogP contribution in [0, 0.1) is 0 Å². The van der Waals surface area contributed by atoms with Crippen LogP contribution < -0.4 is 0 Å². The van der Waals surface area contributed by atoms with Gasteiger partial charge in [-0.25, -0.2) is 0 Å². The van der Waals surface area contributed by atoms with E-state index in [-0.39, 0.29) is 5.97 Å². The molecule has 1 heterocycles. The third-order valence-corrected chi connectivity index (χ3v) is 8.06. The van der Waals surface area contributed by atoms with Crippen molar-refractivity contribution >= 4 is 11.9 Å². The average molecular weight is 554 g/mol. The maximum Gasteiger partial charge on any atom is 0.305 e. The first kappa shape index (κ1) is 35.8. The summed E-state index contributed by atoms with van der Waals surface area (Å²) in [6.45, 7) is 12.1. The number of carboxylic acids is 1. The van der Waals surface area contributed by atoms with Crippen LogP contribution in [-0.4, -0.2) is 97.8 Å². The first-order valence-corrected chi connectivity index (χ1v) is 16.5. The maximum atomic E-state index is 12.0. The van der Waals surface area contributed by atoms with Crippen molar-refractivity contribution in [2.45, 2.75) is 129 Å². The second kappa shape index (κ2) is 25.8. The summed E-state index contributed by atoms with van der Waals surface area (Å²) < 4.78 is 5.41. The molecule has 1 N–H and O–H groups in total. The zero-order chi connectivity index (χ0) is 28.4. The number of carboxylic acid groups (broad SMARTS) is 1. The third-order valence-electron chi connectivity index (χ3n) is 8.06. The molecule has 1 fully saturated rings. The number of esters is 1. The number of aliphatic carboxylic acids is 1. The summed E-state index contributed by atoms with van der Waals surface area (Å²) in [5.74, 6) is -0.692. The Bertz CT molecular complexity index is 582. The number of piperazine rings is 1. The molecule has 7 nitrogen and oxygen atoms in total. The molecule has 0 aromatic rings. The van der Waals surface area contributed by atoms with Crippen LogP contribution in [0.5, 0.6) is 0 Å². The Morgan fingerprint density at radius 2 is 1.18 bits per heavy atom. The van der Waals surface area contributed by atoms with Crippen LogP contribution in [-0.2, 0) is 14.3 Å². The number of nitrogens with zero attached hydrogens (tertiary/aromatic N) is 3. The van der Waals surface area contributed by atoms with Gasteiger partial charge in [0.2, 0.25) is 0 Å². The van der Waals surface area contributed by atoms with E-state index in [4.69, 9.17) is 9.84 Å². The van der Waals surface area contributed by atoms with Crippen LogP contribution in [0.1, 0.15) is 129 Å². The SMILES string of the molecule is CCCCCCCCCOC(=O)CCCCCCCN(CCCCCCCC(=O)O)CCN1CCN(C)CC1.